The van der Waals surface area contributed by atoms with Gasteiger partial charge in [0.2, 0.25) is 0 Å². The minimum atomic E-state index is -0.676. The smallest absolute Gasteiger partial charge is 0.256 e. The van der Waals surface area contributed by atoms with Gasteiger partial charge in [0, 0.05) is 6.04 Å². The van der Waals surface area contributed by atoms with E-state index in [1.807, 2.05) is 0 Å². The number of aliphatic hydroxyl groups excluding tert-OH is 1. The highest BCUT2D eigenvalue weighted by Gasteiger charge is 2.16. The molecule has 0 aliphatic rings. The van der Waals surface area contributed by atoms with Crippen molar-refractivity contribution >= 4 is 17.5 Å². The lowest BCUT2D eigenvalue weighted by atomic mass is 10.2. The number of rotatable bonds is 3. The molecule has 0 bridgehead atoms. The van der Waals surface area contributed by atoms with Crippen molar-refractivity contribution in [1.82, 2.24) is 5.32 Å². The van der Waals surface area contributed by atoms with Crippen LogP contribution in [0.5, 0.6) is 0 Å². The van der Waals surface area contributed by atoms with Gasteiger partial charge in [0.05, 0.1) is 17.2 Å². The second kappa shape index (κ2) is 5.09. The largest absolute Gasteiger partial charge is 0.394 e. The molecule has 0 radical (unpaired) electrons. The Morgan fingerprint density at radius 1 is 1.67 bits per heavy atom. The van der Waals surface area contributed by atoms with Crippen LogP contribution in [-0.2, 0) is 0 Å². The van der Waals surface area contributed by atoms with Crippen molar-refractivity contribution in [2.75, 3.05) is 6.61 Å². The topological polar surface area (TPSA) is 49.3 Å². The van der Waals surface area contributed by atoms with Crippen LogP contribution in [0.15, 0.2) is 18.2 Å². The lowest BCUT2D eigenvalue weighted by molar-refractivity contribution is 0.0918. The average Bonchev–Trinajstić information content (AvgIpc) is 2.17. The van der Waals surface area contributed by atoms with Gasteiger partial charge in [-0.25, -0.2) is 4.39 Å². The zero-order valence-electron chi connectivity index (χ0n) is 8.13. The Bertz CT molecular complexity index is 350. The molecule has 0 unspecified atom stereocenters. The van der Waals surface area contributed by atoms with Gasteiger partial charge in [-0.2, -0.15) is 0 Å². The highest BCUT2D eigenvalue weighted by atomic mass is 35.5. The van der Waals surface area contributed by atoms with E-state index in [1.165, 1.54) is 12.1 Å². The van der Waals surface area contributed by atoms with Crippen LogP contribution < -0.4 is 5.32 Å². The van der Waals surface area contributed by atoms with Crippen LogP contribution in [0.25, 0.3) is 0 Å². The van der Waals surface area contributed by atoms with Gasteiger partial charge < -0.3 is 10.4 Å². The Morgan fingerprint density at radius 2 is 2.33 bits per heavy atom. The van der Waals surface area contributed by atoms with E-state index in [2.05, 4.69) is 5.32 Å². The molecule has 82 valence electrons. The molecule has 0 spiro atoms. The number of hydrogen-bond acceptors (Lipinski definition) is 2. The fourth-order valence-electron chi connectivity index (χ4n) is 1.06. The molecule has 0 aliphatic carbocycles. The molecule has 1 rings (SSSR count). The predicted octanol–water partition coefficient (Wildman–Crippen LogP) is 1.59. The van der Waals surface area contributed by atoms with Gasteiger partial charge in [0.15, 0.2) is 0 Å². The maximum absolute atomic E-state index is 13.2. The summed E-state index contributed by atoms with van der Waals surface area (Å²) in [6, 6.07) is 3.57. The van der Waals surface area contributed by atoms with Crippen molar-refractivity contribution in [3.05, 3.63) is 34.6 Å². The van der Waals surface area contributed by atoms with E-state index >= 15 is 0 Å². The highest BCUT2D eigenvalue weighted by Crippen LogP contribution is 2.18. The zero-order chi connectivity index (χ0) is 11.4. The van der Waals surface area contributed by atoms with Crippen LogP contribution in [0.2, 0.25) is 5.02 Å². The SMILES string of the molecule is C[C@@H](CO)NC(=O)c1c(F)cccc1Cl. The van der Waals surface area contributed by atoms with E-state index in [0.717, 1.165) is 6.07 Å². The second-order valence-electron chi connectivity index (χ2n) is 3.15. The normalized spacial score (nSPS) is 12.3. The summed E-state index contributed by atoms with van der Waals surface area (Å²) >= 11 is 5.69. The van der Waals surface area contributed by atoms with Crippen molar-refractivity contribution in [2.45, 2.75) is 13.0 Å². The van der Waals surface area contributed by atoms with E-state index in [9.17, 15) is 9.18 Å². The molecule has 0 saturated heterocycles. The van der Waals surface area contributed by atoms with Gasteiger partial charge in [0.25, 0.3) is 5.91 Å². The van der Waals surface area contributed by atoms with E-state index in [1.54, 1.807) is 6.92 Å². The summed E-state index contributed by atoms with van der Waals surface area (Å²) in [5, 5.41) is 11.2. The summed E-state index contributed by atoms with van der Waals surface area (Å²) in [4.78, 5) is 11.5. The van der Waals surface area contributed by atoms with Crippen LogP contribution in [0.1, 0.15) is 17.3 Å². The first-order chi connectivity index (χ1) is 7.06. The third-order valence-electron chi connectivity index (χ3n) is 1.84. The van der Waals surface area contributed by atoms with Gasteiger partial charge in [-0.15, -0.1) is 0 Å². The molecule has 1 aromatic rings. The van der Waals surface area contributed by atoms with E-state index in [-0.39, 0.29) is 17.2 Å². The fourth-order valence-corrected chi connectivity index (χ4v) is 1.31. The summed E-state index contributed by atoms with van der Waals surface area (Å²) in [6.07, 6.45) is 0. The standard InChI is InChI=1S/C10H11ClFNO2/c1-6(5-14)13-10(15)9-7(11)3-2-4-8(9)12/h2-4,6,14H,5H2,1H3,(H,13,15)/t6-/m0/s1. The van der Waals surface area contributed by atoms with E-state index in [0.29, 0.717) is 0 Å². The molecule has 2 N–H and O–H groups in total. The number of carbonyl (C=O) groups is 1. The summed E-state index contributed by atoms with van der Waals surface area (Å²) in [7, 11) is 0. The van der Waals surface area contributed by atoms with Gasteiger partial charge >= 0.3 is 0 Å². The first-order valence-electron chi connectivity index (χ1n) is 4.42. The summed E-state index contributed by atoms with van der Waals surface area (Å²) in [5.41, 5.74) is -0.195. The van der Waals surface area contributed by atoms with Crippen LogP contribution in [-0.4, -0.2) is 23.7 Å². The number of hydrogen-bond donors (Lipinski definition) is 2. The lowest BCUT2D eigenvalue weighted by Gasteiger charge is -2.11. The number of carbonyl (C=O) groups excluding carboxylic acids is 1. The first-order valence-corrected chi connectivity index (χ1v) is 4.79. The molecule has 0 aliphatic heterocycles. The van der Waals surface area contributed by atoms with E-state index < -0.39 is 17.8 Å². The van der Waals surface area contributed by atoms with E-state index in [4.69, 9.17) is 16.7 Å². The van der Waals surface area contributed by atoms with Gasteiger partial charge in [0.1, 0.15) is 5.82 Å². The van der Waals surface area contributed by atoms with Crippen molar-refractivity contribution < 1.29 is 14.3 Å². The summed E-state index contributed by atoms with van der Waals surface area (Å²) in [5.74, 6) is -1.30. The first kappa shape index (κ1) is 11.9. The maximum Gasteiger partial charge on any atom is 0.256 e. The average molecular weight is 232 g/mol. The molecular formula is C10H11ClFNO2. The van der Waals surface area contributed by atoms with Crippen molar-refractivity contribution in [3.63, 3.8) is 0 Å². The summed E-state index contributed by atoms with van der Waals surface area (Å²) < 4.78 is 13.2. The molecule has 0 heterocycles. The number of amides is 1. The molecule has 0 saturated carbocycles. The molecule has 0 aromatic heterocycles. The van der Waals surface area contributed by atoms with Crippen molar-refractivity contribution in [3.8, 4) is 0 Å². The third kappa shape index (κ3) is 2.91. The van der Waals surface area contributed by atoms with Crippen molar-refractivity contribution in [2.24, 2.45) is 0 Å². The zero-order valence-corrected chi connectivity index (χ0v) is 8.88. The minimum absolute atomic E-state index is 0.0534. The predicted molar refractivity (Wildman–Crippen MR) is 55.4 cm³/mol. The molecule has 1 amide bonds. The Balaban J connectivity index is 2.91. The molecule has 0 fully saturated rings. The monoisotopic (exact) mass is 231 g/mol. The quantitative estimate of drug-likeness (QED) is 0.830. The lowest BCUT2D eigenvalue weighted by Crippen LogP contribution is -2.35. The number of benzene rings is 1. The maximum atomic E-state index is 13.2. The Morgan fingerprint density at radius 3 is 2.87 bits per heavy atom. The Hall–Kier alpha value is -1.13. The molecule has 1 aromatic carbocycles. The third-order valence-corrected chi connectivity index (χ3v) is 2.16. The molecule has 1 atom stereocenters. The van der Waals surface area contributed by atoms with Crippen LogP contribution in [0.4, 0.5) is 4.39 Å². The molecular weight excluding hydrogens is 221 g/mol. The van der Waals surface area contributed by atoms with Gasteiger partial charge in [-0.3, -0.25) is 4.79 Å². The fraction of sp³-hybridized carbons (Fsp3) is 0.300. The Kier molecular flexibility index (Phi) is 4.05. The summed E-state index contributed by atoms with van der Waals surface area (Å²) in [6.45, 7) is 1.39. The van der Waals surface area contributed by atoms with Crippen LogP contribution in [0.3, 0.4) is 0 Å². The Labute approximate surface area is 91.9 Å². The minimum Gasteiger partial charge on any atom is -0.394 e. The van der Waals surface area contributed by atoms with Gasteiger partial charge in [-0.05, 0) is 19.1 Å². The second-order valence-corrected chi connectivity index (χ2v) is 3.56. The number of aliphatic hydroxyl groups is 1. The molecule has 5 heteroatoms. The number of halogens is 2. The van der Waals surface area contributed by atoms with Crippen LogP contribution in [0, 0.1) is 5.82 Å². The van der Waals surface area contributed by atoms with Crippen molar-refractivity contribution in [1.29, 1.82) is 0 Å². The van der Waals surface area contributed by atoms with Crippen LogP contribution >= 0.6 is 11.6 Å². The van der Waals surface area contributed by atoms with Gasteiger partial charge in [-0.1, -0.05) is 17.7 Å². The molecule has 3 nitrogen and oxygen atoms in total. The number of nitrogens with one attached hydrogen (secondary N) is 1. The highest BCUT2D eigenvalue weighted by molar-refractivity contribution is 6.33. The molecule has 15 heavy (non-hydrogen) atoms.